The molecule has 0 bridgehead atoms. The minimum Gasteiger partial charge on any atom is -0.419 e. The zero-order valence-electron chi connectivity index (χ0n) is 15.5. The van der Waals surface area contributed by atoms with E-state index in [1.54, 1.807) is 42.5 Å². The maximum atomic E-state index is 13.2. The van der Waals surface area contributed by atoms with Crippen molar-refractivity contribution in [2.75, 3.05) is 5.32 Å². The molecule has 0 aliphatic rings. The summed E-state index contributed by atoms with van der Waals surface area (Å²) in [5.74, 6) is 0.244. The Balaban J connectivity index is 1.83. The monoisotopic (exact) mass is 424 g/mol. The van der Waals surface area contributed by atoms with Gasteiger partial charge in [0, 0.05) is 16.3 Å². The van der Waals surface area contributed by atoms with Gasteiger partial charge in [-0.05, 0) is 55.5 Å². The molecule has 0 aliphatic heterocycles. The number of anilines is 2. The topological polar surface area (TPSA) is 72.2 Å². The number of halogens is 1. The smallest absolute Gasteiger partial charge is 0.238 e. The molecule has 3 aromatic carbocycles. The fourth-order valence-corrected chi connectivity index (χ4v) is 4.17. The fourth-order valence-electron chi connectivity index (χ4n) is 2.76. The molecule has 1 heterocycles. The van der Waals surface area contributed by atoms with Gasteiger partial charge in [0.05, 0.1) is 4.90 Å². The summed E-state index contributed by atoms with van der Waals surface area (Å²) < 4.78 is 32.3. The number of hydrogen-bond acceptors (Lipinski definition) is 5. The van der Waals surface area contributed by atoms with Crippen molar-refractivity contribution in [2.45, 2.75) is 16.8 Å². The average Bonchev–Trinajstić information content (AvgIpc) is 3.15. The fraction of sp³-hybridized carbons (Fsp3) is 0.0455. The summed E-state index contributed by atoms with van der Waals surface area (Å²) in [5.41, 5.74) is 2.40. The lowest BCUT2D eigenvalue weighted by atomic mass is 10.2. The molecule has 0 amide bonds. The van der Waals surface area contributed by atoms with Crippen LogP contribution >= 0.6 is 11.6 Å². The molecule has 0 atom stereocenters. The van der Waals surface area contributed by atoms with E-state index in [9.17, 15) is 8.42 Å². The molecule has 0 unspecified atom stereocenters. The van der Waals surface area contributed by atoms with Crippen LogP contribution in [0.15, 0.2) is 93.2 Å². The number of benzene rings is 3. The van der Waals surface area contributed by atoms with Crippen molar-refractivity contribution in [3.8, 4) is 11.5 Å². The Bertz CT molecular complexity index is 1230. The van der Waals surface area contributed by atoms with Gasteiger partial charge in [-0.1, -0.05) is 47.5 Å². The van der Waals surface area contributed by atoms with Crippen LogP contribution < -0.4 is 5.32 Å². The summed E-state index contributed by atoms with van der Waals surface area (Å²) in [6.45, 7) is 1.97. The molecule has 0 saturated carbocycles. The highest BCUT2D eigenvalue weighted by Gasteiger charge is 2.28. The number of sulfone groups is 1. The molecule has 1 N–H and O–H groups in total. The first-order chi connectivity index (χ1) is 13.9. The molecule has 0 radical (unpaired) electrons. The number of rotatable bonds is 5. The van der Waals surface area contributed by atoms with E-state index in [1.165, 1.54) is 12.1 Å². The van der Waals surface area contributed by atoms with E-state index < -0.39 is 9.84 Å². The number of nitrogens with one attached hydrogen (secondary N) is 1. The molecule has 0 saturated heterocycles. The average molecular weight is 425 g/mol. The Kier molecular flexibility index (Phi) is 5.13. The number of aromatic nitrogens is 1. The van der Waals surface area contributed by atoms with Gasteiger partial charge in [-0.25, -0.2) is 8.42 Å². The Morgan fingerprint density at radius 2 is 1.55 bits per heavy atom. The van der Waals surface area contributed by atoms with Crippen LogP contribution in [-0.4, -0.2) is 13.4 Å². The summed E-state index contributed by atoms with van der Waals surface area (Å²) in [6.07, 6.45) is 0. The largest absolute Gasteiger partial charge is 0.419 e. The van der Waals surface area contributed by atoms with Gasteiger partial charge in [0.2, 0.25) is 26.6 Å². The summed E-state index contributed by atoms with van der Waals surface area (Å²) in [6, 6.07) is 22.5. The molecule has 4 aromatic rings. The van der Waals surface area contributed by atoms with Crippen LogP contribution in [0.5, 0.6) is 0 Å². The van der Waals surface area contributed by atoms with E-state index in [4.69, 9.17) is 16.0 Å². The van der Waals surface area contributed by atoms with Gasteiger partial charge in [0.1, 0.15) is 0 Å². The highest BCUT2D eigenvalue weighted by Crippen LogP contribution is 2.34. The van der Waals surface area contributed by atoms with Crippen LogP contribution in [0.1, 0.15) is 5.56 Å². The van der Waals surface area contributed by atoms with Crippen LogP contribution in [0.25, 0.3) is 11.5 Å². The van der Waals surface area contributed by atoms with Gasteiger partial charge in [0.15, 0.2) is 0 Å². The normalized spacial score (nSPS) is 11.4. The van der Waals surface area contributed by atoms with Gasteiger partial charge >= 0.3 is 0 Å². The third-order valence-electron chi connectivity index (χ3n) is 4.30. The summed E-state index contributed by atoms with van der Waals surface area (Å²) in [4.78, 5) is 4.45. The number of hydrogen-bond donors (Lipinski definition) is 1. The maximum absolute atomic E-state index is 13.2. The van der Waals surface area contributed by atoms with Crippen molar-refractivity contribution in [3.05, 3.63) is 89.4 Å². The van der Waals surface area contributed by atoms with Gasteiger partial charge in [-0.2, -0.15) is 4.98 Å². The predicted molar refractivity (Wildman–Crippen MR) is 113 cm³/mol. The van der Waals surface area contributed by atoms with E-state index in [1.807, 2.05) is 31.2 Å². The van der Waals surface area contributed by atoms with E-state index in [-0.39, 0.29) is 21.7 Å². The second kappa shape index (κ2) is 7.73. The zero-order valence-corrected chi connectivity index (χ0v) is 17.0. The first-order valence-electron chi connectivity index (χ1n) is 8.84. The van der Waals surface area contributed by atoms with E-state index in [2.05, 4.69) is 10.3 Å². The maximum Gasteiger partial charge on any atom is 0.238 e. The second-order valence-corrected chi connectivity index (χ2v) is 8.77. The van der Waals surface area contributed by atoms with Crippen LogP contribution in [0.3, 0.4) is 0 Å². The van der Waals surface area contributed by atoms with Crippen molar-refractivity contribution in [2.24, 2.45) is 0 Å². The molecule has 1 aromatic heterocycles. The van der Waals surface area contributed by atoms with Crippen LogP contribution in [0.2, 0.25) is 5.02 Å². The van der Waals surface area contributed by atoms with Crippen molar-refractivity contribution >= 4 is 33.0 Å². The number of oxazole rings is 1. The molecule has 4 rings (SSSR count). The van der Waals surface area contributed by atoms with Crippen molar-refractivity contribution in [3.63, 3.8) is 0 Å². The third kappa shape index (κ3) is 4.04. The van der Waals surface area contributed by atoms with E-state index in [0.29, 0.717) is 16.3 Å². The predicted octanol–water partition coefficient (Wildman–Crippen LogP) is 5.88. The van der Waals surface area contributed by atoms with Crippen molar-refractivity contribution in [1.82, 2.24) is 4.98 Å². The summed E-state index contributed by atoms with van der Waals surface area (Å²) >= 11 is 5.95. The first kappa shape index (κ1) is 19.2. The summed E-state index contributed by atoms with van der Waals surface area (Å²) in [5, 5.41) is 3.44. The Labute approximate surface area is 173 Å². The zero-order chi connectivity index (χ0) is 20.4. The van der Waals surface area contributed by atoms with Crippen LogP contribution in [0, 0.1) is 6.92 Å². The van der Waals surface area contributed by atoms with E-state index in [0.717, 1.165) is 5.56 Å². The van der Waals surface area contributed by atoms with Crippen molar-refractivity contribution < 1.29 is 12.8 Å². The van der Waals surface area contributed by atoms with Crippen LogP contribution in [0.4, 0.5) is 11.6 Å². The minimum absolute atomic E-state index is 0.0580. The van der Waals surface area contributed by atoms with Gasteiger partial charge < -0.3 is 9.73 Å². The number of nitrogens with zero attached hydrogens (tertiary/aromatic N) is 1. The minimum atomic E-state index is -3.89. The lowest BCUT2D eigenvalue weighted by Gasteiger charge is -2.06. The molecule has 5 nitrogen and oxygen atoms in total. The molecule has 0 spiro atoms. The molecular formula is C22H17ClN2O3S. The second-order valence-electron chi connectivity index (χ2n) is 6.47. The highest BCUT2D eigenvalue weighted by molar-refractivity contribution is 7.91. The SMILES string of the molecule is Cc1ccc(Nc2oc(-c3ccc(Cl)cc3)nc2S(=O)(=O)c2ccccc2)cc1. The van der Waals surface area contributed by atoms with Gasteiger partial charge in [0.25, 0.3) is 0 Å². The Morgan fingerprint density at radius 1 is 0.897 bits per heavy atom. The molecule has 146 valence electrons. The Morgan fingerprint density at radius 3 is 2.21 bits per heavy atom. The van der Waals surface area contributed by atoms with Crippen molar-refractivity contribution in [1.29, 1.82) is 0 Å². The third-order valence-corrected chi connectivity index (χ3v) is 6.24. The molecule has 0 fully saturated rings. The highest BCUT2D eigenvalue weighted by atomic mass is 35.5. The van der Waals surface area contributed by atoms with Gasteiger partial charge in [-0.3, -0.25) is 0 Å². The number of aryl methyl sites for hydroxylation is 1. The Hall–Kier alpha value is -3.09. The summed E-state index contributed by atoms with van der Waals surface area (Å²) in [7, 11) is -3.89. The first-order valence-corrected chi connectivity index (χ1v) is 10.7. The quantitative estimate of drug-likeness (QED) is 0.433. The molecule has 0 aliphatic carbocycles. The molecule has 29 heavy (non-hydrogen) atoms. The van der Waals surface area contributed by atoms with Crippen LogP contribution in [-0.2, 0) is 9.84 Å². The lowest BCUT2D eigenvalue weighted by Crippen LogP contribution is -2.05. The lowest BCUT2D eigenvalue weighted by molar-refractivity contribution is 0.582. The van der Waals surface area contributed by atoms with Gasteiger partial charge in [-0.15, -0.1) is 0 Å². The van der Waals surface area contributed by atoms with E-state index >= 15 is 0 Å². The standard InChI is InChI=1S/C22H17ClN2O3S/c1-15-7-13-18(14-8-15)24-21-22(29(26,27)19-5-3-2-4-6-19)25-20(28-21)16-9-11-17(23)12-10-16/h2-14,24H,1H3. The molecule has 7 heteroatoms. The molecular weight excluding hydrogens is 408 g/mol.